The Morgan fingerprint density at radius 1 is 0.969 bits per heavy atom. The zero-order chi connectivity index (χ0) is 22.1. The van der Waals surface area contributed by atoms with Crippen LogP contribution in [0, 0.1) is 12.8 Å². The van der Waals surface area contributed by atoms with Crippen LogP contribution >= 0.6 is 0 Å². The van der Waals surface area contributed by atoms with E-state index in [1.54, 1.807) is 0 Å². The second-order valence-corrected chi connectivity index (χ2v) is 9.09. The van der Waals surface area contributed by atoms with Gasteiger partial charge in [-0.15, -0.1) is 0 Å². The van der Waals surface area contributed by atoms with E-state index < -0.39 is 0 Å². The van der Waals surface area contributed by atoms with E-state index in [2.05, 4.69) is 36.1 Å². The van der Waals surface area contributed by atoms with E-state index in [1.165, 1.54) is 5.56 Å². The molecule has 6 nitrogen and oxygen atoms in total. The molecule has 0 bridgehead atoms. The summed E-state index contributed by atoms with van der Waals surface area (Å²) in [6.07, 6.45) is 3.79. The second-order valence-electron chi connectivity index (χ2n) is 9.09. The minimum absolute atomic E-state index is 0.0615. The molecule has 0 spiro atoms. The fourth-order valence-corrected chi connectivity index (χ4v) is 4.95. The lowest BCUT2D eigenvalue weighted by Gasteiger charge is -2.33. The number of benzene rings is 2. The maximum atomic E-state index is 13.6. The number of hydrogen-bond donors (Lipinski definition) is 0. The largest absolute Gasteiger partial charge is 0.352 e. The first-order valence-corrected chi connectivity index (χ1v) is 11.7. The van der Waals surface area contributed by atoms with Crippen LogP contribution in [0.15, 0.2) is 53.3 Å². The van der Waals surface area contributed by atoms with Gasteiger partial charge in [0.1, 0.15) is 0 Å². The summed E-state index contributed by atoms with van der Waals surface area (Å²) in [5.41, 5.74) is 3.90. The van der Waals surface area contributed by atoms with Crippen molar-refractivity contribution in [2.75, 3.05) is 31.1 Å². The molecule has 0 radical (unpaired) electrons. The standard InChI is InChI=1S/C26H30N4O2/c1-19-8-10-20(11-9-19)18-30-23-7-3-2-6-22(23)27-24(26(30)32)28-16-12-21(13-17-28)25(31)29-14-4-5-15-29/h2-3,6-11,21H,4-5,12-18H2,1H3. The van der Waals surface area contributed by atoms with Gasteiger partial charge in [-0.2, -0.15) is 0 Å². The molecule has 1 amide bonds. The van der Waals surface area contributed by atoms with E-state index in [0.29, 0.717) is 31.4 Å². The number of hydrogen-bond acceptors (Lipinski definition) is 4. The third kappa shape index (κ3) is 4.01. The lowest BCUT2D eigenvalue weighted by atomic mass is 9.95. The summed E-state index contributed by atoms with van der Waals surface area (Å²) < 4.78 is 1.84. The van der Waals surface area contributed by atoms with Gasteiger partial charge >= 0.3 is 0 Å². The molecule has 2 aliphatic rings. The van der Waals surface area contributed by atoms with Crippen molar-refractivity contribution < 1.29 is 4.79 Å². The van der Waals surface area contributed by atoms with Crippen LogP contribution in [0.5, 0.6) is 0 Å². The number of carbonyl (C=O) groups is 1. The first-order chi connectivity index (χ1) is 15.6. The number of piperidine rings is 1. The predicted molar refractivity (Wildman–Crippen MR) is 127 cm³/mol. The van der Waals surface area contributed by atoms with Crippen LogP contribution < -0.4 is 10.5 Å². The highest BCUT2D eigenvalue weighted by atomic mass is 16.2. The molecule has 2 aromatic carbocycles. The average molecular weight is 431 g/mol. The molecule has 0 saturated carbocycles. The van der Waals surface area contributed by atoms with Crippen LogP contribution in [0.3, 0.4) is 0 Å². The molecule has 0 atom stereocenters. The Bertz CT molecular complexity index is 1170. The summed E-state index contributed by atoms with van der Waals surface area (Å²) in [7, 11) is 0. The first kappa shape index (κ1) is 20.7. The minimum Gasteiger partial charge on any atom is -0.352 e. The Hall–Kier alpha value is -3.15. The zero-order valence-electron chi connectivity index (χ0n) is 18.7. The van der Waals surface area contributed by atoms with Gasteiger partial charge in [-0.25, -0.2) is 4.98 Å². The highest BCUT2D eigenvalue weighted by molar-refractivity contribution is 5.79. The molecule has 0 aliphatic carbocycles. The maximum absolute atomic E-state index is 13.6. The van der Waals surface area contributed by atoms with Crippen LogP contribution in [0.25, 0.3) is 11.0 Å². The van der Waals surface area contributed by atoms with Crippen molar-refractivity contribution in [3.63, 3.8) is 0 Å². The summed E-state index contributed by atoms with van der Waals surface area (Å²) in [4.78, 5) is 35.2. The first-order valence-electron chi connectivity index (χ1n) is 11.7. The third-order valence-corrected chi connectivity index (χ3v) is 6.86. The van der Waals surface area contributed by atoms with E-state index >= 15 is 0 Å². The summed E-state index contributed by atoms with van der Waals surface area (Å²) in [6.45, 7) is 5.75. The Kier molecular flexibility index (Phi) is 5.68. The molecule has 6 heteroatoms. The summed E-state index contributed by atoms with van der Waals surface area (Å²) in [6, 6.07) is 16.1. The van der Waals surface area contributed by atoms with Crippen molar-refractivity contribution in [2.45, 2.75) is 39.2 Å². The number of rotatable bonds is 4. The predicted octanol–water partition coefficient (Wildman–Crippen LogP) is 3.59. The van der Waals surface area contributed by atoms with E-state index in [-0.39, 0.29) is 11.5 Å². The molecule has 32 heavy (non-hydrogen) atoms. The number of aromatic nitrogens is 2. The van der Waals surface area contributed by atoms with Crippen molar-refractivity contribution in [3.05, 3.63) is 70.0 Å². The van der Waals surface area contributed by atoms with Crippen LogP contribution in [-0.4, -0.2) is 46.5 Å². The molecular weight excluding hydrogens is 400 g/mol. The van der Waals surface area contributed by atoms with Crippen molar-refractivity contribution in [1.29, 1.82) is 0 Å². The van der Waals surface area contributed by atoms with Crippen molar-refractivity contribution in [2.24, 2.45) is 5.92 Å². The number of likely N-dealkylation sites (tertiary alicyclic amines) is 1. The van der Waals surface area contributed by atoms with Gasteiger partial charge in [0.2, 0.25) is 5.91 Å². The van der Waals surface area contributed by atoms with Crippen molar-refractivity contribution in [1.82, 2.24) is 14.5 Å². The molecule has 1 aromatic heterocycles. The number of fused-ring (bicyclic) bond motifs is 1. The van der Waals surface area contributed by atoms with Crippen molar-refractivity contribution >= 4 is 22.8 Å². The number of aryl methyl sites for hydroxylation is 1. The number of amides is 1. The summed E-state index contributed by atoms with van der Waals surface area (Å²) >= 11 is 0. The summed E-state index contributed by atoms with van der Waals surface area (Å²) in [5.74, 6) is 0.868. The lowest BCUT2D eigenvalue weighted by molar-refractivity contribution is -0.135. The van der Waals surface area contributed by atoms with Gasteiger partial charge in [0.15, 0.2) is 5.82 Å². The van der Waals surface area contributed by atoms with E-state index in [0.717, 1.165) is 55.4 Å². The quantitative estimate of drug-likeness (QED) is 0.635. The fraction of sp³-hybridized carbons (Fsp3) is 0.423. The Morgan fingerprint density at radius 3 is 2.38 bits per heavy atom. The molecular formula is C26H30N4O2. The number of para-hydroxylation sites is 2. The van der Waals surface area contributed by atoms with Crippen LogP contribution in [0.2, 0.25) is 0 Å². The van der Waals surface area contributed by atoms with Crippen molar-refractivity contribution in [3.8, 4) is 0 Å². The van der Waals surface area contributed by atoms with Gasteiger partial charge in [-0.3, -0.25) is 14.2 Å². The second kappa shape index (κ2) is 8.77. The fourth-order valence-electron chi connectivity index (χ4n) is 4.95. The lowest BCUT2D eigenvalue weighted by Crippen LogP contribution is -2.44. The Balaban J connectivity index is 1.42. The van der Waals surface area contributed by atoms with E-state index in [9.17, 15) is 9.59 Å². The summed E-state index contributed by atoms with van der Waals surface area (Å²) in [5, 5.41) is 0. The Morgan fingerprint density at radius 2 is 1.66 bits per heavy atom. The van der Waals surface area contributed by atoms with E-state index in [1.807, 2.05) is 33.7 Å². The Labute approximate surface area is 188 Å². The topological polar surface area (TPSA) is 58.4 Å². The van der Waals surface area contributed by atoms with Crippen LogP contribution in [0.1, 0.15) is 36.8 Å². The molecule has 0 N–H and O–H groups in total. The normalized spacial score (nSPS) is 17.3. The molecule has 3 aromatic rings. The highest BCUT2D eigenvalue weighted by Crippen LogP contribution is 2.25. The van der Waals surface area contributed by atoms with Gasteiger partial charge in [0, 0.05) is 32.1 Å². The van der Waals surface area contributed by atoms with Gasteiger partial charge in [0.25, 0.3) is 5.56 Å². The minimum atomic E-state index is -0.0615. The molecule has 2 saturated heterocycles. The van der Waals surface area contributed by atoms with Crippen LogP contribution in [-0.2, 0) is 11.3 Å². The molecule has 5 rings (SSSR count). The average Bonchev–Trinajstić information content (AvgIpc) is 3.37. The van der Waals surface area contributed by atoms with Gasteiger partial charge in [0.05, 0.1) is 17.6 Å². The third-order valence-electron chi connectivity index (χ3n) is 6.86. The van der Waals surface area contributed by atoms with Gasteiger partial charge in [-0.1, -0.05) is 42.0 Å². The van der Waals surface area contributed by atoms with E-state index in [4.69, 9.17) is 4.98 Å². The zero-order valence-corrected chi connectivity index (χ0v) is 18.7. The van der Waals surface area contributed by atoms with Gasteiger partial charge in [-0.05, 0) is 50.3 Å². The molecule has 0 unspecified atom stereocenters. The molecule has 2 aliphatic heterocycles. The van der Waals surface area contributed by atoms with Gasteiger partial charge < -0.3 is 9.80 Å². The monoisotopic (exact) mass is 430 g/mol. The van der Waals surface area contributed by atoms with Crippen LogP contribution in [0.4, 0.5) is 5.82 Å². The highest BCUT2D eigenvalue weighted by Gasteiger charge is 2.31. The number of nitrogens with zero attached hydrogens (tertiary/aromatic N) is 4. The smallest absolute Gasteiger partial charge is 0.294 e. The SMILES string of the molecule is Cc1ccc(Cn2c(=O)c(N3CCC(C(=O)N4CCCC4)CC3)nc3ccccc32)cc1. The number of carbonyl (C=O) groups excluding carboxylic acids is 1. The molecule has 3 heterocycles. The number of anilines is 1. The molecule has 166 valence electrons. The maximum Gasteiger partial charge on any atom is 0.294 e. The molecule has 2 fully saturated rings.